The molecule has 0 spiro atoms. The second kappa shape index (κ2) is 15.0. The summed E-state index contributed by atoms with van der Waals surface area (Å²) in [6.07, 6.45) is 3.64. The van der Waals surface area contributed by atoms with Crippen molar-refractivity contribution in [2.75, 3.05) is 26.0 Å². The van der Waals surface area contributed by atoms with Crippen LogP contribution in [0.3, 0.4) is 0 Å². The molecule has 15 heteroatoms. The summed E-state index contributed by atoms with van der Waals surface area (Å²) in [5.41, 5.74) is 8.80. The van der Waals surface area contributed by atoms with Crippen molar-refractivity contribution in [2.45, 2.75) is 78.4 Å². The molecule has 0 aliphatic rings. The normalized spacial score (nSPS) is 13.1. The van der Waals surface area contributed by atoms with Crippen molar-refractivity contribution in [1.82, 2.24) is 29.7 Å². The van der Waals surface area contributed by atoms with E-state index in [2.05, 4.69) is 39.9 Å². The van der Waals surface area contributed by atoms with Crippen LogP contribution in [0.2, 0.25) is 25.7 Å². The average Bonchev–Trinajstić information content (AvgIpc) is 3.55. The molecule has 1 aromatic carbocycles. The number of carbonyl (C=O) groups excluding carboxylic acids is 2. The van der Waals surface area contributed by atoms with Crippen molar-refractivity contribution < 1.29 is 23.8 Å². The van der Waals surface area contributed by atoms with Crippen molar-refractivity contribution in [3.8, 4) is 0 Å². The number of nitrogens with zero attached hydrogens (tertiary/aromatic N) is 4. The first-order valence-electron chi connectivity index (χ1n) is 14.6. The molecule has 0 aliphatic heterocycles. The van der Waals surface area contributed by atoms with E-state index >= 15 is 0 Å². The quantitative estimate of drug-likeness (QED) is 0.0768. The molecule has 0 radical (unpaired) electrons. The number of amides is 2. The highest BCUT2D eigenvalue weighted by molar-refractivity contribution is 6.76. The van der Waals surface area contributed by atoms with E-state index in [1.165, 1.54) is 19.3 Å². The minimum absolute atomic E-state index is 0.150. The number of aromatic nitrogens is 4. The Hall–Kier alpha value is -3.72. The number of H-pyrrole nitrogens is 1. The number of hydrogen-bond donors (Lipinski definition) is 4. The molecular formula is C30H45ClN8O5Si. The predicted octanol–water partition coefficient (Wildman–Crippen LogP) is 5.41. The lowest BCUT2D eigenvalue weighted by Gasteiger charge is -2.25. The van der Waals surface area contributed by atoms with E-state index in [1.807, 2.05) is 23.6 Å². The molecule has 3 aromatic rings. The van der Waals surface area contributed by atoms with Gasteiger partial charge >= 0.3 is 6.09 Å². The maximum atomic E-state index is 13.0. The number of nitrogens with two attached hydrogens (primary N) is 1. The highest BCUT2D eigenvalue weighted by atomic mass is 35.5. The predicted molar refractivity (Wildman–Crippen MR) is 179 cm³/mol. The molecule has 0 fully saturated rings. The average molecular weight is 661 g/mol. The van der Waals surface area contributed by atoms with Crippen LogP contribution in [0, 0.1) is 5.41 Å². The number of hydrogen-bond acceptors (Lipinski definition) is 9. The van der Waals surface area contributed by atoms with Gasteiger partial charge in [0.2, 0.25) is 0 Å². The molecule has 0 bridgehead atoms. The maximum Gasteiger partial charge on any atom is 0.414 e. The Kier molecular flexibility index (Phi) is 11.9. The summed E-state index contributed by atoms with van der Waals surface area (Å²) in [6, 6.07) is 4.40. The van der Waals surface area contributed by atoms with Crippen LogP contribution in [0.25, 0.3) is 16.7 Å². The van der Waals surface area contributed by atoms with Crippen molar-refractivity contribution >= 4 is 59.3 Å². The third-order valence-corrected chi connectivity index (χ3v) is 8.21. The van der Waals surface area contributed by atoms with Gasteiger partial charge in [0.05, 0.1) is 42.5 Å². The first-order chi connectivity index (χ1) is 20.9. The van der Waals surface area contributed by atoms with Crippen LogP contribution in [0.15, 0.2) is 30.7 Å². The smallest absolute Gasteiger partial charge is 0.414 e. The lowest BCUT2D eigenvalue weighted by atomic mass is 10.1. The van der Waals surface area contributed by atoms with E-state index in [1.54, 1.807) is 27.1 Å². The number of allylic oxidation sites excluding steroid dienone is 1. The van der Waals surface area contributed by atoms with Gasteiger partial charge in [-0.2, -0.15) is 0 Å². The summed E-state index contributed by atoms with van der Waals surface area (Å²) in [4.78, 5) is 38.4. The number of aromatic amines is 1. The number of nitrogens with one attached hydrogen (secondary N) is 3. The summed E-state index contributed by atoms with van der Waals surface area (Å²) >= 11 is 5.80. The minimum atomic E-state index is -1.20. The molecule has 13 nitrogen and oxygen atoms in total. The minimum Gasteiger partial charge on any atom is -0.443 e. The highest BCUT2D eigenvalue weighted by Gasteiger charge is 2.25. The first kappa shape index (κ1) is 35.8. The van der Waals surface area contributed by atoms with Gasteiger partial charge in [0, 0.05) is 45.1 Å². The highest BCUT2D eigenvalue weighted by Crippen LogP contribution is 2.24. The lowest BCUT2D eigenvalue weighted by Crippen LogP contribution is -2.36. The van der Waals surface area contributed by atoms with Gasteiger partial charge in [0.25, 0.3) is 5.91 Å². The van der Waals surface area contributed by atoms with Gasteiger partial charge in [-0.25, -0.2) is 14.8 Å². The third kappa shape index (κ3) is 11.0. The molecule has 1 atom stereocenters. The molecule has 2 aromatic heterocycles. The van der Waals surface area contributed by atoms with Gasteiger partial charge in [-0.05, 0) is 45.9 Å². The Morgan fingerprint density at radius 1 is 1.24 bits per heavy atom. The Morgan fingerprint density at radius 3 is 2.60 bits per heavy atom. The van der Waals surface area contributed by atoms with Crippen molar-refractivity contribution in [2.24, 2.45) is 0 Å². The largest absolute Gasteiger partial charge is 0.443 e. The van der Waals surface area contributed by atoms with Crippen LogP contribution in [0.1, 0.15) is 49.6 Å². The molecule has 246 valence electrons. The Bertz CT molecular complexity index is 1540. The SMILES string of the molecule is C[C@H](COCc1cc(N)cc2ncn(COCC[Si](C)(C)C)c12)NC(=O)c1cnc(/C(=C\C(=N)Cl)N(C)C(=O)OC(C)(C)C)[nH]1. The fourth-order valence-electron chi connectivity index (χ4n) is 4.20. The number of benzene rings is 1. The molecule has 2 amide bonds. The molecule has 2 heterocycles. The van der Waals surface area contributed by atoms with Crippen LogP contribution >= 0.6 is 11.6 Å². The topological polar surface area (TPSA) is 173 Å². The van der Waals surface area contributed by atoms with Gasteiger partial charge in [-0.1, -0.05) is 31.2 Å². The number of ether oxygens (including phenoxy) is 3. The number of fused-ring (bicyclic) bond motifs is 1. The number of imidazole rings is 2. The van der Waals surface area contributed by atoms with Gasteiger partial charge in [-0.15, -0.1) is 0 Å². The van der Waals surface area contributed by atoms with Gasteiger partial charge in [0.1, 0.15) is 23.2 Å². The zero-order valence-corrected chi connectivity index (χ0v) is 29.0. The van der Waals surface area contributed by atoms with E-state index < -0.39 is 25.7 Å². The maximum absolute atomic E-state index is 13.0. The van der Waals surface area contributed by atoms with Crippen LogP contribution in [0.4, 0.5) is 10.5 Å². The van der Waals surface area contributed by atoms with Crippen molar-refractivity contribution in [1.29, 1.82) is 5.41 Å². The summed E-state index contributed by atoms with van der Waals surface area (Å²) < 4.78 is 19.3. The second-order valence-electron chi connectivity index (χ2n) is 13.1. The van der Waals surface area contributed by atoms with Crippen LogP contribution in [-0.2, 0) is 27.5 Å². The van der Waals surface area contributed by atoms with Gasteiger partial charge in [0.15, 0.2) is 5.82 Å². The van der Waals surface area contributed by atoms with Crippen LogP contribution in [0.5, 0.6) is 0 Å². The number of carbonyl (C=O) groups is 2. The lowest BCUT2D eigenvalue weighted by molar-refractivity contribution is 0.0387. The molecule has 0 saturated heterocycles. The standard InChI is InChI=1S/C30H45ClN8O5Si/c1-19(15-43-16-20-11-21(32)12-22-26(20)39(17-35-22)18-42-9-10-45(6,7)8)36-28(40)23-14-34-27(37-23)24(13-25(31)33)38(5)29(41)44-30(2,3)4/h11-14,17,19,33H,9-10,15-16,18,32H2,1-8H3,(H,34,37)(H,36,40)/b24-13+,33-25?/t19-/m1/s1. The fourth-order valence-corrected chi connectivity index (χ4v) is 5.06. The molecular weight excluding hydrogens is 616 g/mol. The number of rotatable bonds is 14. The molecule has 0 saturated carbocycles. The molecule has 0 aliphatic carbocycles. The number of halogens is 1. The number of anilines is 1. The zero-order chi connectivity index (χ0) is 33.5. The van der Waals surface area contributed by atoms with E-state index in [-0.39, 0.29) is 41.6 Å². The van der Waals surface area contributed by atoms with Crippen LogP contribution < -0.4 is 11.1 Å². The van der Waals surface area contributed by atoms with Gasteiger partial charge in [-0.3, -0.25) is 15.1 Å². The summed E-state index contributed by atoms with van der Waals surface area (Å²) in [7, 11) is 0.267. The zero-order valence-electron chi connectivity index (χ0n) is 27.3. The molecule has 3 rings (SSSR count). The summed E-state index contributed by atoms with van der Waals surface area (Å²) in [5.74, 6) is -0.264. The van der Waals surface area contributed by atoms with E-state index in [9.17, 15) is 9.59 Å². The van der Waals surface area contributed by atoms with E-state index in [0.29, 0.717) is 19.0 Å². The Morgan fingerprint density at radius 2 is 1.96 bits per heavy atom. The Balaban J connectivity index is 1.62. The third-order valence-electron chi connectivity index (χ3n) is 6.40. The molecule has 5 N–H and O–H groups in total. The Labute approximate surface area is 270 Å². The van der Waals surface area contributed by atoms with E-state index in [0.717, 1.165) is 27.5 Å². The van der Waals surface area contributed by atoms with Crippen molar-refractivity contribution in [3.63, 3.8) is 0 Å². The monoisotopic (exact) mass is 660 g/mol. The summed E-state index contributed by atoms with van der Waals surface area (Å²) in [6.45, 7) is 15.5. The second-order valence-corrected chi connectivity index (χ2v) is 19.1. The first-order valence-corrected chi connectivity index (χ1v) is 18.7. The molecule has 45 heavy (non-hydrogen) atoms. The van der Waals surface area contributed by atoms with Crippen molar-refractivity contribution in [3.05, 3.63) is 47.8 Å². The summed E-state index contributed by atoms with van der Waals surface area (Å²) in [5, 5.41) is 10.2. The molecule has 0 unspecified atom stereocenters. The van der Waals surface area contributed by atoms with Gasteiger partial charge < -0.3 is 34.8 Å². The number of nitrogen functional groups attached to an aromatic ring is 1. The van der Waals surface area contributed by atoms with E-state index in [4.69, 9.17) is 37.0 Å². The fraction of sp³-hybridized carbons (Fsp3) is 0.500. The van der Waals surface area contributed by atoms with Crippen LogP contribution in [-0.4, -0.2) is 81.6 Å².